The van der Waals surface area contributed by atoms with E-state index in [1.54, 1.807) is 4.90 Å². The van der Waals surface area contributed by atoms with Crippen LogP contribution >= 0.6 is 0 Å². The van der Waals surface area contributed by atoms with Crippen LogP contribution in [-0.2, 0) is 14.3 Å². The van der Waals surface area contributed by atoms with Crippen LogP contribution in [-0.4, -0.2) is 48.1 Å². The molecule has 5 heteroatoms. The zero-order valence-corrected chi connectivity index (χ0v) is 10.5. The summed E-state index contributed by atoms with van der Waals surface area (Å²) < 4.78 is 5.37. The summed E-state index contributed by atoms with van der Waals surface area (Å²) in [4.78, 5) is 25.7. The van der Waals surface area contributed by atoms with Gasteiger partial charge in [-0.2, -0.15) is 0 Å². The Hall–Kier alpha value is -1.10. The Morgan fingerprint density at radius 2 is 2.29 bits per heavy atom. The summed E-state index contributed by atoms with van der Waals surface area (Å²) in [5.41, 5.74) is -0.305. The summed E-state index contributed by atoms with van der Waals surface area (Å²) in [5, 5.41) is 2.77. The van der Waals surface area contributed by atoms with E-state index < -0.39 is 0 Å². The molecule has 96 valence electrons. The van der Waals surface area contributed by atoms with Gasteiger partial charge in [-0.1, -0.05) is 13.3 Å². The lowest BCUT2D eigenvalue weighted by atomic mass is 9.95. The van der Waals surface area contributed by atoms with Gasteiger partial charge in [-0.15, -0.1) is 0 Å². The smallest absolute Gasteiger partial charge is 0.246 e. The Bertz CT molecular complexity index is 324. The number of rotatable bonds is 3. The molecule has 2 fully saturated rings. The Balaban J connectivity index is 2.15. The average Bonchev–Trinajstić information content (AvgIpc) is 2.71. The van der Waals surface area contributed by atoms with E-state index in [2.05, 4.69) is 5.32 Å². The van der Waals surface area contributed by atoms with Crippen molar-refractivity contribution in [3.8, 4) is 0 Å². The highest BCUT2D eigenvalue weighted by Gasteiger charge is 2.44. The molecule has 2 heterocycles. The summed E-state index contributed by atoms with van der Waals surface area (Å²) in [6, 6.07) is -0.348. The molecule has 2 saturated heterocycles. The number of hydrogen-bond donors (Lipinski definition) is 1. The number of nitrogens with one attached hydrogen (secondary N) is 1. The van der Waals surface area contributed by atoms with Crippen LogP contribution in [0.5, 0.6) is 0 Å². The van der Waals surface area contributed by atoms with E-state index >= 15 is 0 Å². The molecule has 0 spiro atoms. The summed E-state index contributed by atoms with van der Waals surface area (Å²) in [5.74, 6) is -0.0179. The van der Waals surface area contributed by atoms with Crippen molar-refractivity contribution in [1.29, 1.82) is 0 Å². The van der Waals surface area contributed by atoms with Crippen molar-refractivity contribution < 1.29 is 14.3 Å². The molecule has 2 atom stereocenters. The minimum absolute atomic E-state index is 0.0412. The van der Waals surface area contributed by atoms with Crippen LogP contribution in [0.3, 0.4) is 0 Å². The lowest BCUT2D eigenvalue weighted by Crippen LogP contribution is -2.64. The largest absolute Gasteiger partial charge is 0.379 e. The van der Waals surface area contributed by atoms with Gasteiger partial charge in [0, 0.05) is 6.61 Å². The third kappa shape index (κ3) is 2.29. The molecule has 0 aromatic carbocycles. The lowest BCUT2D eigenvalue weighted by Gasteiger charge is -2.42. The maximum Gasteiger partial charge on any atom is 0.246 e. The fourth-order valence-electron chi connectivity index (χ4n) is 2.52. The van der Waals surface area contributed by atoms with E-state index in [0.29, 0.717) is 19.6 Å². The fourth-order valence-corrected chi connectivity index (χ4v) is 2.52. The summed E-state index contributed by atoms with van der Waals surface area (Å²) in [7, 11) is 0. The van der Waals surface area contributed by atoms with E-state index in [-0.39, 0.29) is 29.9 Å². The second-order valence-corrected chi connectivity index (χ2v) is 5.13. The van der Waals surface area contributed by atoms with Crippen molar-refractivity contribution >= 4 is 11.8 Å². The number of nitrogens with zero attached hydrogens (tertiary/aromatic N) is 1. The fraction of sp³-hybridized carbons (Fsp3) is 0.833. The molecular weight excluding hydrogens is 220 g/mol. The molecule has 0 aromatic heterocycles. The van der Waals surface area contributed by atoms with Crippen LogP contribution in [0.1, 0.15) is 33.1 Å². The third-order valence-electron chi connectivity index (χ3n) is 3.63. The maximum atomic E-state index is 12.3. The first kappa shape index (κ1) is 12.4. The molecule has 0 aromatic rings. The molecule has 5 nitrogen and oxygen atoms in total. The Kier molecular flexibility index (Phi) is 3.38. The van der Waals surface area contributed by atoms with Gasteiger partial charge in [0.15, 0.2) is 0 Å². The Morgan fingerprint density at radius 1 is 1.53 bits per heavy atom. The van der Waals surface area contributed by atoms with Crippen LogP contribution in [0.2, 0.25) is 0 Å². The van der Waals surface area contributed by atoms with Gasteiger partial charge in [-0.05, 0) is 19.8 Å². The topological polar surface area (TPSA) is 58.6 Å². The number of piperazine rings is 1. The van der Waals surface area contributed by atoms with Crippen molar-refractivity contribution in [2.24, 2.45) is 0 Å². The van der Waals surface area contributed by atoms with Crippen LogP contribution in [0.15, 0.2) is 0 Å². The van der Waals surface area contributed by atoms with Gasteiger partial charge in [0.1, 0.15) is 12.6 Å². The Morgan fingerprint density at radius 3 is 2.88 bits per heavy atom. The van der Waals surface area contributed by atoms with Crippen molar-refractivity contribution in [2.45, 2.75) is 44.7 Å². The number of ether oxygens (including phenoxy) is 1. The molecule has 17 heavy (non-hydrogen) atoms. The summed E-state index contributed by atoms with van der Waals surface area (Å²) >= 11 is 0. The van der Waals surface area contributed by atoms with E-state index in [0.717, 1.165) is 12.8 Å². The second-order valence-electron chi connectivity index (χ2n) is 5.13. The van der Waals surface area contributed by atoms with Crippen molar-refractivity contribution in [1.82, 2.24) is 10.2 Å². The second kappa shape index (κ2) is 4.64. The highest BCUT2D eigenvalue weighted by molar-refractivity contribution is 5.95. The molecule has 0 bridgehead atoms. The van der Waals surface area contributed by atoms with Gasteiger partial charge < -0.3 is 15.0 Å². The highest BCUT2D eigenvalue weighted by atomic mass is 16.5. The van der Waals surface area contributed by atoms with E-state index in [4.69, 9.17) is 4.74 Å². The molecule has 1 N–H and O–H groups in total. The first-order valence-electron chi connectivity index (χ1n) is 6.25. The highest BCUT2D eigenvalue weighted by Crippen LogP contribution is 2.27. The normalized spacial score (nSPS) is 34.0. The predicted molar refractivity (Wildman–Crippen MR) is 62.4 cm³/mol. The van der Waals surface area contributed by atoms with Gasteiger partial charge in [0.2, 0.25) is 11.8 Å². The predicted octanol–water partition coefficient (Wildman–Crippen LogP) is 0.292. The van der Waals surface area contributed by atoms with Gasteiger partial charge in [-0.3, -0.25) is 9.59 Å². The van der Waals surface area contributed by atoms with Crippen molar-refractivity contribution in [2.75, 3.05) is 19.8 Å². The maximum absolute atomic E-state index is 12.3. The van der Waals surface area contributed by atoms with Gasteiger partial charge in [-0.25, -0.2) is 0 Å². The first-order chi connectivity index (χ1) is 8.07. The van der Waals surface area contributed by atoms with Crippen molar-refractivity contribution in [3.63, 3.8) is 0 Å². The quantitative estimate of drug-likeness (QED) is 0.771. The molecule has 2 rings (SSSR count). The first-order valence-corrected chi connectivity index (χ1v) is 6.25. The summed E-state index contributed by atoms with van der Waals surface area (Å²) in [6.07, 6.45) is 2.40. The van der Waals surface area contributed by atoms with Gasteiger partial charge >= 0.3 is 0 Å². The monoisotopic (exact) mass is 240 g/mol. The molecule has 0 radical (unpaired) electrons. The van der Waals surface area contributed by atoms with Crippen molar-refractivity contribution in [3.05, 3.63) is 0 Å². The van der Waals surface area contributed by atoms with Crippen LogP contribution in [0, 0.1) is 0 Å². The summed E-state index contributed by atoms with van der Waals surface area (Å²) in [6.45, 7) is 5.38. The molecule has 2 amide bonds. The zero-order chi connectivity index (χ0) is 12.5. The minimum Gasteiger partial charge on any atom is -0.379 e. The van der Waals surface area contributed by atoms with Gasteiger partial charge in [0.25, 0.3) is 0 Å². The van der Waals surface area contributed by atoms with Gasteiger partial charge in [0.05, 0.1) is 12.1 Å². The van der Waals surface area contributed by atoms with E-state index in [9.17, 15) is 9.59 Å². The standard InChI is InChI=1S/C12H20N2O3/c1-3-4-9-11(16)14(7-10(15)13-9)12(2)5-6-17-8-12/h9H,3-8H2,1-2H3,(H,13,15). The molecule has 0 saturated carbocycles. The zero-order valence-electron chi connectivity index (χ0n) is 10.5. The molecule has 2 aliphatic heterocycles. The molecule has 2 unspecified atom stereocenters. The van der Waals surface area contributed by atoms with E-state index in [1.807, 2.05) is 13.8 Å². The number of carbonyl (C=O) groups excluding carboxylic acids is 2. The third-order valence-corrected chi connectivity index (χ3v) is 3.63. The number of amides is 2. The minimum atomic E-state index is -0.348. The molecule has 0 aliphatic carbocycles. The van der Waals surface area contributed by atoms with Crippen LogP contribution in [0.4, 0.5) is 0 Å². The lowest BCUT2D eigenvalue weighted by molar-refractivity contribution is -0.150. The van der Waals surface area contributed by atoms with Crippen LogP contribution in [0.25, 0.3) is 0 Å². The number of hydrogen-bond acceptors (Lipinski definition) is 3. The molecular formula is C12H20N2O3. The van der Waals surface area contributed by atoms with Crippen LogP contribution < -0.4 is 5.32 Å². The average molecular weight is 240 g/mol. The molecule has 2 aliphatic rings. The SMILES string of the molecule is CCCC1NC(=O)CN(C2(C)CCOC2)C1=O. The number of carbonyl (C=O) groups is 2. The Labute approximate surface area is 101 Å². The van der Waals surface area contributed by atoms with E-state index in [1.165, 1.54) is 0 Å².